The molecule has 1 aromatic carbocycles. The number of carbonyl (C=O) groups excluding carboxylic acids is 2. The zero-order chi connectivity index (χ0) is 15.0. The van der Waals surface area contributed by atoms with Gasteiger partial charge in [0.1, 0.15) is 5.54 Å². The van der Waals surface area contributed by atoms with Crippen molar-refractivity contribution < 1.29 is 9.59 Å². The first-order valence-electron chi connectivity index (χ1n) is 7.48. The van der Waals surface area contributed by atoms with Crippen molar-refractivity contribution in [1.82, 2.24) is 10.2 Å². The van der Waals surface area contributed by atoms with Crippen LogP contribution < -0.4 is 11.1 Å². The predicted molar refractivity (Wildman–Crippen MR) is 79.6 cm³/mol. The summed E-state index contributed by atoms with van der Waals surface area (Å²) in [6, 6.07) is 7.22. The third-order valence-electron chi connectivity index (χ3n) is 4.59. The van der Waals surface area contributed by atoms with Gasteiger partial charge in [-0.1, -0.05) is 42.7 Å². The number of urea groups is 1. The van der Waals surface area contributed by atoms with Gasteiger partial charge < -0.3 is 11.1 Å². The molecule has 0 aromatic heterocycles. The fourth-order valence-corrected chi connectivity index (χ4v) is 3.28. The zero-order valence-electron chi connectivity index (χ0n) is 12.3. The van der Waals surface area contributed by atoms with Crippen LogP contribution in [0.25, 0.3) is 0 Å². The van der Waals surface area contributed by atoms with Gasteiger partial charge in [0, 0.05) is 12.6 Å². The highest BCUT2D eigenvalue weighted by atomic mass is 16.2. The minimum Gasteiger partial charge on any atom is -0.323 e. The molecule has 1 unspecified atom stereocenters. The molecule has 1 heterocycles. The molecule has 3 rings (SSSR count). The second-order valence-corrected chi connectivity index (χ2v) is 6.15. The van der Waals surface area contributed by atoms with Gasteiger partial charge in [0.25, 0.3) is 5.91 Å². The molecule has 0 radical (unpaired) electrons. The van der Waals surface area contributed by atoms with Gasteiger partial charge in [-0.3, -0.25) is 9.69 Å². The first kappa shape index (κ1) is 14.1. The van der Waals surface area contributed by atoms with Crippen LogP contribution in [0.1, 0.15) is 42.9 Å². The van der Waals surface area contributed by atoms with Crippen LogP contribution in [0.4, 0.5) is 4.79 Å². The van der Waals surface area contributed by atoms with Crippen LogP contribution >= 0.6 is 0 Å². The van der Waals surface area contributed by atoms with Crippen LogP contribution in [0, 0.1) is 6.92 Å². The zero-order valence-corrected chi connectivity index (χ0v) is 12.3. The van der Waals surface area contributed by atoms with Crippen molar-refractivity contribution in [1.29, 1.82) is 0 Å². The monoisotopic (exact) mass is 287 g/mol. The number of nitrogens with one attached hydrogen (secondary N) is 1. The molecule has 1 aliphatic heterocycles. The average molecular weight is 287 g/mol. The Morgan fingerprint density at radius 1 is 1.24 bits per heavy atom. The number of carbonyl (C=O) groups is 2. The number of benzene rings is 1. The third-order valence-corrected chi connectivity index (χ3v) is 4.59. The molecule has 21 heavy (non-hydrogen) atoms. The van der Waals surface area contributed by atoms with E-state index in [1.807, 2.05) is 31.2 Å². The Bertz CT molecular complexity index is 561. The van der Waals surface area contributed by atoms with Gasteiger partial charge in [-0.15, -0.1) is 0 Å². The summed E-state index contributed by atoms with van der Waals surface area (Å²) in [6.07, 6.45) is 3.47. The van der Waals surface area contributed by atoms with E-state index in [1.54, 1.807) is 0 Å². The Balaban J connectivity index is 1.74. The third kappa shape index (κ3) is 2.42. The van der Waals surface area contributed by atoms with Crippen molar-refractivity contribution in [3.05, 3.63) is 35.4 Å². The molecule has 2 fully saturated rings. The van der Waals surface area contributed by atoms with Crippen LogP contribution in [0.15, 0.2) is 24.3 Å². The Labute approximate surface area is 124 Å². The van der Waals surface area contributed by atoms with Gasteiger partial charge in [-0.25, -0.2) is 4.79 Å². The van der Waals surface area contributed by atoms with Crippen molar-refractivity contribution in [2.75, 3.05) is 6.54 Å². The molecule has 0 bridgehead atoms. The predicted octanol–water partition coefficient (Wildman–Crippen LogP) is 1.86. The lowest BCUT2D eigenvalue weighted by molar-refractivity contribution is -0.131. The maximum absolute atomic E-state index is 12.5. The summed E-state index contributed by atoms with van der Waals surface area (Å²) < 4.78 is 0. The van der Waals surface area contributed by atoms with E-state index in [0.717, 1.165) is 36.8 Å². The second-order valence-electron chi connectivity index (χ2n) is 6.15. The molecule has 5 heteroatoms. The van der Waals surface area contributed by atoms with E-state index < -0.39 is 5.54 Å². The smallest absolute Gasteiger partial charge is 0.323 e. The summed E-state index contributed by atoms with van der Waals surface area (Å²) in [5.41, 5.74) is 7.61. The number of amides is 3. The normalized spacial score (nSPS) is 21.9. The molecule has 5 nitrogen and oxygen atoms in total. The van der Waals surface area contributed by atoms with Crippen molar-refractivity contribution in [2.24, 2.45) is 5.73 Å². The van der Waals surface area contributed by atoms with E-state index in [2.05, 4.69) is 5.32 Å². The van der Waals surface area contributed by atoms with Gasteiger partial charge in [0.15, 0.2) is 0 Å². The summed E-state index contributed by atoms with van der Waals surface area (Å²) in [7, 11) is 0. The van der Waals surface area contributed by atoms with Gasteiger partial charge in [-0.05, 0) is 25.3 Å². The Morgan fingerprint density at radius 2 is 1.86 bits per heavy atom. The fourth-order valence-electron chi connectivity index (χ4n) is 3.28. The summed E-state index contributed by atoms with van der Waals surface area (Å²) >= 11 is 0. The molecule has 1 spiro atoms. The molecule has 3 N–H and O–H groups in total. The van der Waals surface area contributed by atoms with Crippen molar-refractivity contribution in [3.8, 4) is 0 Å². The first-order chi connectivity index (χ1) is 10.0. The number of hydrogen-bond acceptors (Lipinski definition) is 3. The molecular weight excluding hydrogens is 266 g/mol. The highest BCUT2D eigenvalue weighted by Crippen LogP contribution is 2.35. The summed E-state index contributed by atoms with van der Waals surface area (Å²) in [4.78, 5) is 25.9. The quantitative estimate of drug-likeness (QED) is 0.833. The molecule has 1 aliphatic carbocycles. The molecule has 1 aromatic rings. The largest absolute Gasteiger partial charge is 0.325 e. The minimum atomic E-state index is -0.649. The number of hydrogen-bond donors (Lipinski definition) is 2. The van der Waals surface area contributed by atoms with E-state index in [1.165, 1.54) is 4.90 Å². The van der Waals surface area contributed by atoms with Crippen molar-refractivity contribution in [2.45, 2.75) is 44.2 Å². The molecule has 1 saturated carbocycles. The second kappa shape index (κ2) is 5.15. The maximum Gasteiger partial charge on any atom is 0.325 e. The molecule has 1 saturated heterocycles. The Hall–Kier alpha value is -1.88. The molecule has 112 valence electrons. The number of rotatable bonds is 3. The molecule has 3 amide bonds. The lowest BCUT2D eigenvalue weighted by Gasteiger charge is -2.22. The minimum absolute atomic E-state index is 0.104. The molecule has 2 aliphatic rings. The topological polar surface area (TPSA) is 75.4 Å². The van der Waals surface area contributed by atoms with E-state index in [9.17, 15) is 9.59 Å². The van der Waals surface area contributed by atoms with E-state index in [-0.39, 0.29) is 24.5 Å². The first-order valence-corrected chi connectivity index (χ1v) is 7.48. The molecular formula is C16H21N3O2. The average Bonchev–Trinajstić information content (AvgIpc) is 3.01. The summed E-state index contributed by atoms with van der Waals surface area (Å²) in [5, 5.41) is 2.88. The molecule has 1 atom stereocenters. The maximum atomic E-state index is 12.5. The van der Waals surface area contributed by atoms with Crippen LogP contribution in [-0.4, -0.2) is 28.9 Å². The van der Waals surface area contributed by atoms with Gasteiger partial charge in [0.2, 0.25) is 0 Å². The highest BCUT2D eigenvalue weighted by molar-refractivity contribution is 6.07. The van der Waals surface area contributed by atoms with Gasteiger partial charge >= 0.3 is 6.03 Å². The Kier molecular flexibility index (Phi) is 3.45. The lowest BCUT2D eigenvalue weighted by Crippen LogP contribution is -2.44. The number of nitrogens with zero attached hydrogens (tertiary/aromatic N) is 1. The fraction of sp³-hybridized carbons (Fsp3) is 0.500. The standard InChI is InChI=1S/C16H21N3O2/c1-11-4-6-12(7-5-11)13(17)10-19-14(20)16(18-15(19)21)8-2-3-9-16/h4-7,13H,2-3,8-10,17H2,1H3,(H,18,21). The van der Waals surface area contributed by atoms with Gasteiger partial charge in [-0.2, -0.15) is 0 Å². The SMILES string of the molecule is Cc1ccc(C(N)CN2C(=O)NC3(CCCC3)C2=O)cc1. The van der Waals surface area contributed by atoms with Gasteiger partial charge in [0.05, 0.1) is 0 Å². The van der Waals surface area contributed by atoms with Crippen LogP contribution in [-0.2, 0) is 4.79 Å². The lowest BCUT2D eigenvalue weighted by atomic mass is 9.97. The highest BCUT2D eigenvalue weighted by Gasteiger charge is 2.52. The van der Waals surface area contributed by atoms with Crippen LogP contribution in [0.5, 0.6) is 0 Å². The van der Waals surface area contributed by atoms with Crippen LogP contribution in [0.3, 0.4) is 0 Å². The van der Waals surface area contributed by atoms with E-state index in [0.29, 0.717) is 0 Å². The van der Waals surface area contributed by atoms with E-state index in [4.69, 9.17) is 5.73 Å². The summed E-state index contributed by atoms with van der Waals surface area (Å²) in [5.74, 6) is -0.104. The van der Waals surface area contributed by atoms with Crippen LogP contribution in [0.2, 0.25) is 0 Å². The number of nitrogens with two attached hydrogens (primary N) is 1. The number of imide groups is 1. The van der Waals surface area contributed by atoms with Crippen molar-refractivity contribution in [3.63, 3.8) is 0 Å². The van der Waals surface area contributed by atoms with Crippen molar-refractivity contribution >= 4 is 11.9 Å². The van der Waals surface area contributed by atoms with E-state index >= 15 is 0 Å². The summed E-state index contributed by atoms with van der Waals surface area (Å²) in [6.45, 7) is 2.24. The number of aryl methyl sites for hydroxylation is 1. The Morgan fingerprint density at radius 3 is 2.48 bits per heavy atom.